The molecule has 2 rings (SSSR count). The molecule has 0 bridgehead atoms. The van der Waals surface area contributed by atoms with Crippen molar-refractivity contribution in [3.05, 3.63) is 29.8 Å². The standard InChI is InChI=1S/C10H14N2/c1-11-9-6-7-12-10-5-3-2-4-8(9)10/h2-5,9,11-12H,6-7H2,1H3. The van der Waals surface area contributed by atoms with Crippen LogP contribution in [0.2, 0.25) is 0 Å². The molecule has 0 aromatic heterocycles. The fourth-order valence-corrected chi connectivity index (χ4v) is 1.77. The van der Waals surface area contributed by atoms with Gasteiger partial charge in [0, 0.05) is 18.3 Å². The molecule has 1 aliphatic heterocycles. The molecule has 0 saturated heterocycles. The van der Waals surface area contributed by atoms with E-state index in [-0.39, 0.29) is 0 Å². The highest BCUT2D eigenvalue weighted by Gasteiger charge is 2.16. The van der Waals surface area contributed by atoms with Crippen LogP contribution in [0.4, 0.5) is 5.69 Å². The van der Waals surface area contributed by atoms with Crippen LogP contribution in [0.1, 0.15) is 18.0 Å². The van der Waals surface area contributed by atoms with Gasteiger partial charge < -0.3 is 10.6 Å². The van der Waals surface area contributed by atoms with Crippen LogP contribution in [-0.2, 0) is 0 Å². The predicted molar refractivity (Wildman–Crippen MR) is 51.3 cm³/mol. The number of benzene rings is 1. The highest BCUT2D eigenvalue weighted by molar-refractivity contribution is 5.54. The molecule has 0 radical (unpaired) electrons. The predicted octanol–water partition coefficient (Wildman–Crippen LogP) is 1.76. The van der Waals surface area contributed by atoms with Gasteiger partial charge in [0.25, 0.3) is 0 Å². The van der Waals surface area contributed by atoms with E-state index in [1.165, 1.54) is 17.7 Å². The molecule has 1 unspecified atom stereocenters. The van der Waals surface area contributed by atoms with Crippen molar-refractivity contribution in [3.8, 4) is 0 Å². The second-order valence-electron chi connectivity index (χ2n) is 3.14. The molecule has 1 aliphatic rings. The second kappa shape index (κ2) is 3.15. The Kier molecular flexibility index (Phi) is 2.00. The summed E-state index contributed by atoms with van der Waals surface area (Å²) in [6.45, 7) is 1.07. The lowest BCUT2D eigenvalue weighted by molar-refractivity contribution is 0.551. The Morgan fingerprint density at radius 2 is 2.25 bits per heavy atom. The molecule has 2 nitrogen and oxygen atoms in total. The van der Waals surface area contributed by atoms with Crippen LogP contribution in [0, 0.1) is 0 Å². The number of hydrogen-bond donors (Lipinski definition) is 2. The first-order valence-electron chi connectivity index (χ1n) is 4.42. The zero-order valence-electron chi connectivity index (χ0n) is 7.30. The van der Waals surface area contributed by atoms with E-state index in [1.54, 1.807) is 0 Å². The van der Waals surface area contributed by atoms with Crippen molar-refractivity contribution in [2.45, 2.75) is 12.5 Å². The maximum Gasteiger partial charge on any atom is 0.0388 e. The van der Waals surface area contributed by atoms with E-state index in [1.807, 2.05) is 7.05 Å². The van der Waals surface area contributed by atoms with E-state index in [0.717, 1.165) is 6.54 Å². The van der Waals surface area contributed by atoms with Gasteiger partial charge in [-0.3, -0.25) is 0 Å². The number of nitrogens with one attached hydrogen (secondary N) is 2. The number of hydrogen-bond acceptors (Lipinski definition) is 2. The number of anilines is 1. The van der Waals surface area contributed by atoms with Crippen molar-refractivity contribution in [1.29, 1.82) is 0 Å². The van der Waals surface area contributed by atoms with Gasteiger partial charge >= 0.3 is 0 Å². The molecule has 1 aromatic carbocycles. The molecule has 2 N–H and O–H groups in total. The summed E-state index contributed by atoms with van der Waals surface area (Å²) in [5.74, 6) is 0. The minimum Gasteiger partial charge on any atom is -0.385 e. The molecule has 2 heteroatoms. The van der Waals surface area contributed by atoms with Gasteiger partial charge in [-0.05, 0) is 25.1 Å². The summed E-state index contributed by atoms with van der Waals surface area (Å²) in [4.78, 5) is 0. The first-order valence-corrected chi connectivity index (χ1v) is 4.42. The van der Waals surface area contributed by atoms with Gasteiger partial charge in [-0.25, -0.2) is 0 Å². The van der Waals surface area contributed by atoms with Crippen molar-refractivity contribution in [2.75, 3.05) is 18.9 Å². The third kappa shape index (κ3) is 1.18. The van der Waals surface area contributed by atoms with Crippen LogP contribution in [0.5, 0.6) is 0 Å². The molecular weight excluding hydrogens is 148 g/mol. The van der Waals surface area contributed by atoms with Crippen LogP contribution < -0.4 is 10.6 Å². The van der Waals surface area contributed by atoms with Crippen molar-refractivity contribution >= 4 is 5.69 Å². The summed E-state index contributed by atoms with van der Waals surface area (Å²) in [7, 11) is 2.02. The quantitative estimate of drug-likeness (QED) is 0.657. The minimum absolute atomic E-state index is 0.530. The Balaban J connectivity index is 2.37. The maximum atomic E-state index is 3.39. The lowest BCUT2D eigenvalue weighted by atomic mass is 9.98. The molecule has 0 aliphatic carbocycles. The third-order valence-electron chi connectivity index (χ3n) is 2.43. The zero-order valence-corrected chi connectivity index (χ0v) is 7.30. The average Bonchev–Trinajstić information content (AvgIpc) is 2.17. The summed E-state index contributed by atoms with van der Waals surface area (Å²) >= 11 is 0. The molecule has 64 valence electrons. The van der Waals surface area contributed by atoms with E-state index in [0.29, 0.717) is 6.04 Å². The highest BCUT2D eigenvalue weighted by Crippen LogP contribution is 2.28. The van der Waals surface area contributed by atoms with Crippen molar-refractivity contribution < 1.29 is 0 Å². The lowest BCUT2D eigenvalue weighted by Gasteiger charge is -2.26. The zero-order chi connectivity index (χ0) is 8.39. The largest absolute Gasteiger partial charge is 0.385 e. The molecule has 1 aromatic rings. The molecule has 12 heavy (non-hydrogen) atoms. The van der Waals surface area contributed by atoms with Crippen LogP contribution in [0.15, 0.2) is 24.3 Å². The van der Waals surface area contributed by atoms with Gasteiger partial charge in [-0.1, -0.05) is 18.2 Å². The molecule has 1 heterocycles. The van der Waals surface area contributed by atoms with Gasteiger partial charge in [0.05, 0.1) is 0 Å². The molecule has 0 spiro atoms. The smallest absolute Gasteiger partial charge is 0.0388 e. The first kappa shape index (κ1) is 7.62. The van der Waals surface area contributed by atoms with Crippen LogP contribution >= 0.6 is 0 Å². The second-order valence-corrected chi connectivity index (χ2v) is 3.14. The highest BCUT2D eigenvalue weighted by atomic mass is 15.0. The summed E-state index contributed by atoms with van der Waals surface area (Å²) in [5, 5.41) is 6.71. The Morgan fingerprint density at radius 3 is 3.08 bits per heavy atom. The van der Waals surface area contributed by atoms with Gasteiger partial charge in [0.1, 0.15) is 0 Å². The molecule has 0 amide bonds. The SMILES string of the molecule is CNC1CCNc2ccccc21. The molecule has 1 atom stereocenters. The van der Waals surface area contributed by atoms with Crippen molar-refractivity contribution in [2.24, 2.45) is 0 Å². The van der Waals surface area contributed by atoms with Gasteiger partial charge in [-0.15, -0.1) is 0 Å². The number of fused-ring (bicyclic) bond motifs is 1. The van der Waals surface area contributed by atoms with E-state index >= 15 is 0 Å². The van der Waals surface area contributed by atoms with E-state index in [4.69, 9.17) is 0 Å². The van der Waals surface area contributed by atoms with Gasteiger partial charge in [0.15, 0.2) is 0 Å². The van der Waals surface area contributed by atoms with Crippen LogP contribution in [0.3, 0.4) is 0 Å². The third-order valence-corrected chi connectivity index (χ3v) is 2.43. The van der Waals surface area contributed by atoms with Crippen molar-refractivity contribution in [3.63, 3.8) is 0 Å². The van der Waals surface area contributed by atoms with Crippen LogP contribution in [0.25, 0.3) is 0 Å². The maximum absolute atomic E-state index is 3.39. The van der Waals surface area contributed by atoms with E-state index in [2.05, 4.69) is 34.9 Å². The van der Waals surface area contributed by atoms with Gasteiger partial charge in [0.2, 0.25) is 0 Å². The van der Waals surface area contributed by atoms with Crippen LogP contribution in [-0.4, -0.2) is 13.6 Å². The number of rotatable bonds is 1. The Morgan fingerprint density at radius 1 is 1.42 bits per heavy atom. The summed E-state index contributed by atoms with van der Waals surface area (Å²) in [6, 6.07) is 9.02. The summed E-state index contributed by atoms with van der Waals surface area (Å²) < 4.78 is 0. The summed E-state index contributed by atoms with van der Waals surface area (Å²) in [5.41, 5.74) is 2.68. The topological polar surface area (TPSA) is 24.1 Å². The van der Waals surface area contributed by atoms with E-state index in [9.17, 15) is 0 Å². The summed E-state index contributed by atoms with van der Waals surface area (Å²) in [6.07, 6.45) is 1.17. The lowest BCUT2D eigenvalue weighted by Crippen LogP contribution is -2.25. The Hall–Kier alpha value is -1.02. The van der Waals surface area contributed by atoms with Gasteiger partial charge in [-0.2, -0.15) is 0 Å². The molecular formula is C10H14N2. The minimum atomic E-state index is 0.530. The van der Waals surface area contributed by atoms with Crippen molar-refractivity contribution in [1.82, 2.24) is 5.32 Å². The fourth-order valence-electron chi connectivity index (χ4n) is 1.77. The molecule has 0 fully saturated rings. The fraction of sp³-hybridized carbons (Fsp3) is 0.400. The number of para-hydroxylation sites is 1. The molecule has 0 saturated carbocycles. The Bertz CT molecular complexity index is 270. The monoisotopic (exact) mass is 162 g/mol. The average molecular weight is 162 g/mol. The van der Waals surface area contributed by atoms with E-state index < -0.39 is 0 Å². The first-order chi connectivity index (χ1) is 5.92. The Labute approximate surface area is 73.0 Å². The normalized spacial score (nSPS) is 21.2.